The fourth-order valence-corrected chi connectivity index (χ4v) is 7.29. The molecule has 5 rings (SSSR count). The number of nitrogens with zero attached hydrogens (tertiary/aromatic N) is 2. The van der Waals surface area contributed by atoms with Crippen molar-refractivity contribution in [2.75, 3.05) is 5.75 Å². The van der Waals surface area contributed by atoms with Crippen molar-refractivity contribution < 1.29 is 4.79 Å². The number of ketones is 1. The number of carbonyl (C=O) groups is 1. The first kappa shape index (κ1) is 25.2. The molecule has 0 N–H and O–H groups in total. The van der Waals surface area contributed by atoms with Crippen molar-refractivity contribution in [1.82, 2.24) is 9.55 Å². The van der Waals surface area contributed by atoms with Gasteiger partial charge in [0, 0.05) is 15.5 Å². The lowest BCUT2D eigenvalue weighted by Crippen LogP contribution is -2.27. The molecule has 2 aromatic carbocycles. The van der Waals surface area contributed by atoms with Crippen molar-refractivity contribution >= 4 is 50.7 Å². The van der Waals surface area contributed by atoms with E-state index < -0.39 is 0 Å². The van der Waals surface area contributed by atoms with Crippen LogP contribution in [0.15, 0.2) is 58.5 Å². The fraction of sp³-hybridized carbons (Fsp3) is 0.345. The van der Waals surface area contributed by atoms with E-state index in [-0.39, 0.29) is 22.5 Å². The van der Waals surface area contributed by atoms with Crippen LogP contribution in [-0.2, 0) is 12.8 Å². The van der Waals surface area contributed by atoms with E-state index in [1.54, 1.807) is 40.2 Å². The average Bonchev–Trinajstić information content (AvgIpc) is 3.21. The number of para-hydroxylation sites is 1. The van der Waals surface area contributed by atoms with Gasteiger partial charge in [0.25, 0.3) is 5.56 Å². The van der Waals surface area contributed by atoms with Crippen LogP contribution < -0.4 is 5.56 Å². The van der Waals surface area contributed by atoms with Crippen LogP contribution in [-0.4, -0.2) is 21.1 Å². The van der Waals surface area contributed by atoms with E-state index in [0.717, 1.165) is 40.7 Å². The van der Waals surface area contributed by atoms with Crippen LogP contribution in [0.2, 0.25) is 5.02 Å². The quantitative estimate of drug-likeness (QED) is 0.150. The summed E-state index contributed by atoms with van der Waals surface area (Å²) < 4.78 is 1.71. The highest BCUT2D eigenvalue weighted by Gasteiger charge is 2.32. The Hall–Kier alpha value is -2.41. The fourth-order valence-electron chi connectivity index (χ4n) is 4.92. The molecule has 1 aliphatic rings. The van der Waals surface area contributed by atoms with Crippen molar-refractivity contribution in [2.45, 2.75) is 52.1 Å². The lowest BCUT2D eigenvalue weighted by molar-refractivity contribution is 0.102. The Balaban J connectivity index is 1.60. The molecule has 4 nitrogen and oxygen atoms in total. The first-order valence-corrected chi connectivity index (χ1v) is 14.4. The van der Waals surface area contributed by atoms with Gasteiger partial charge in [-0.05, 0) is 79.0 Å². The molecule has 0 saturated carbocycles. The van der Waals surface area contributed by atoms with Gasteiger partial charge in [-0.25, -0.2) is 4.98 Å². The molecule has 0 spiro atoms. The normalized spacial score (nSPS) is 15.8. The van der Waals surface area contributed by atoms with Crippen molar-refractivity contribution in [3.63, 3.8) is 0 Å². The second-order valence-corrected chi connectivity index (χ2v) is 13.0. The number of thioether (sulfide) groups is 1. The number of aryl methyl sites for hydroxylation is 2. The Kier molecular flexibility index (Phi) is 6.88. The molecule has 0 saturated heterocycles. The zero-order valence-corrected chi connectivity index (χ0v) is 23.3. The molecule has 36 heavy (non-hydrogen) atoms. The predicted molar refractivity (Wildman–Crippen MR) is 151 cm³/mol. The lowest BCUT2D eigenvalue weighted by Gasteiger charge is -2.33. The Morgan fingerprint density at radius 2 is 1.89 bits per heavy atom. The van der Waals surface area contributed by atoms with Gasteiger partial charge < -0.3 is 0 Å². The molecule has 0 bridgehead atoms. The summed E-state index contributed by atoms with van der Waals surface area (Å²) in [6.07, 6.45) is 2.98. The predicted octanol–water partition coefficient (Wildman–Crippen LogP) is 7.54. The number of thiophene rings is 1. The van der Waals surface area contributed by atoms with Crippen LogP contribution in [0.1, 0.15) is 53.6 Å². The molecule has 0 aliphatic heterocycles. The number of benzene rings is 2. The highest BCUT2D eigenvalue weighted by Crippen LogP contribution is 2.42. The van der Waals surface area contributed by atoms with Gasteiger partial charge in [-0.3, -0.25) is 14.2 Å². The topological polar surface area (TPSA) is 52.0 Å². The summed E-state index contributed by atoms with van der Waals surface area (Å²) in [4.78, 5) is 34.1. The minimum absolute atomic E-state index is 0.0270. The summed E-state index contributed by atoms with van der Waals surface area (Å²) in [6, 6.07) is 14.7. The van der Waals surface area contributed by atoms with E-state index in [2.05, 4.69) is 20.8 Å². The van der Waals surface area contributed by atoms with Crippen LogP contribution in [0.25, 0.3) is 15.9 Å². The molecule has 1 aliphatic carbocycles. The van der Waals surface area contributed by atoms with Crippen molar-refractivity contribution in [1.29, 1.82) is 0 Å². The van der Waals surface area contributed by atoms with E-state index >= 15 is 0 Å². The molecule has 2 heterocycles. The maximum Gasteiger partial charge on any atom is 0.267 e. The number of carbonyl (C=O) groups excluding carboxylic acids is 1. The summed E-state index contributed by atoms with van der Waals surface area (Å²) in [5.41, 5.74) is 3.75. The zero-order valence-electron chi connectivity index (χ0n) is 20.9. The molecule has 4 aromatic rings. The maximum atomic E-state index is 14.1. The van der Waals surface area contributed by atoms with Gasteiger partial charge >= 0.3 is 0 Å². The monoisotopic (exact) mass is 536 g/mol. The van der Waals surface area contributed by atoms with E-state index in [4.69, 9.17) is 16.6 Å². The van der Waals surface area contributed by atoms with Gasteiger partial charge in [0.15, 0.2) is 10.9 Å². The second-order valence-electron chi connectivity index (χ2n) is 10.5. The van der Waals surface area contributed by atoms with Crippen LogP contribution in [0, 0.1) is 18.3 Å². The largest absolute Gasteiger partial charge is 0.293 e. The Bertz CT molecular complexity index is 1510. The van der Waals surface area contributed by atoms with Gasteiger partial charge in [-0.15, -0.1) is 11.3 Å². The number of Topliss-reactive ketones (excluding diaryl/α,β-unsaturated/α-hetero) is 1. The maximum absolute atomic E-state index is 14.1. The van der Waals surface area contributed by atoms with E-state index in [0.29, 0.717) is 21.7 Å². The number of aromatic nitrogens is 2. The number of halogens is 1. The standard InChI is InChI=1S/C29H29ClN2O2S2/c1-17-7-5-6-8-22(17)32-27(34)25-21-14-11-19(29(2,3)4)15-24(21)36-26(25)31-28(32)35-16-23(33)18-9-12-20(30)13-10-18/h5-10,12-13,19H,11,14-16H2,1-4H3/t19-/m1/s1. The Morgan fingerprint density at radius 3 is 2.58 bits per heavy atom. The van der Waals surface area contributed by atoms with E-state index in [1.165, 1.54) is 22.2 Å². The molecule has 0 radical (unpaired) electrons. The minimum atomic E-state index is -0.0394. The summed E-state index contributed by atoms with van der Waals surface area (Å²) in [7, 11) is 0. The molecule has 2 aromatic heterocycles. The van der Waals surface area contributed by atoms with Crippen LogP contribution >= 0.6 is 34.7 Å². The first-order valence-electron chi connectivity index (χ1n) is 12.2. The SMILES string of the molecule is Cc1ccccc1-n1c(SCC(=O)c2ccc(Cl)cc2)nc2sc3c(c2c1=O)CC[C@@H](C(C)(C)C)C3. The zero-order chi connectivity index (χ0) is 25.6. The summed E-state index contributed by atoms with van der Waals surface area (Å²) in [5.74, 6) is 0.742. The number of hydrogen-bond acceptors (Lipinski definition) is 5. The third-order valence-corrected chi connectivity index (χ3v) is 9.47. The minimum Gasteiger partial charge on any atom is -0.293 e. The Morgan fingerprint density at radius 1 is 1.17 bits per heavy atom. The molecular formula is C29H29ClN2O2S2. The lowest BCUT2D eigenvalue weighted by atomic mass is 9.72. The van der Waals surface area contributed by atoms with E-state index in [9.17, 15) is 9.59 Å². The molecular weight excluding hydrogens is 508 g/mol. The number of hydrogen-bond donors (Lipinski definition) is 0. The van der Waals surface area contributed by atoms with Gasteiger partial charge in [-0.2, -0.15) is 0 Å². The Labute approximate surface area is 224 Å². The molecule has 0 amide bonds. The third-order valence-electron chi connectivity index (χ3n) is 7.13. The third kappa shape index (κ3) is 4.79. The molecule has 0 unspecified atom stereocenters. The molecule has 186 valence electrons. The van der Waals surface area contributed by atoms with Gasteiger partial charge in [0.2, 0.25) is 0 Å². The van der Waals surface area contributed by atoms with Crippen LogP contribution in [0.3, 0.4) is 0 Å². The first-order chi connectivity index (χ1) is 17.1. The second kappa shape index (κ2) is 9.81. The van der Waals surface area contributed by atoms with E-state index in [1.807, 2.05) is 31.2 Å². The van der Waals surface area contributed by atoms with Gasteiger partial charge in [0.05, 0.1) is 16.8 Å². The number of fused-ring (bicyclic) bond motifs is 3. The van der Waals surface area contributed by atoms with Crippen LogP contribution in [0.5, 0.6) is 0 Å². The summed E-state index contributed by atoms with van der Waals surface area (Å²) in [6.45, 7) is 8.89. The highest BCUT2D eigenvalue weighted by molar-refractivity contribution is 7.99. The molecule has 0 fully saturated rings. The highest BCUT2D eigenvalue weighted by atomic mass is 35.5. The summed E-state index contributed by atoms with van der Waals surface area (Å²) in [5, 5.41) is 1.89. The van der Waals surface area contributed by atoms with Crippen molar-refractivity contribution in [3.05, 3.63) is 85.5 Å². The average molecular weight is 537 g/mol. The number of rotatable bonds is 5. The van der Waals surface area contributed by atoms with Gasteiger partial charge in [0.1, 0.15) is 4.83 Å². The van der Waals surface area contributed by atoms with Crippen molar-refractivity contribution in [3.8, 4) is 5.69 Å². The smallest absolute Gasteiger partial charge is 0.267 e. The van der Waals surface area contributed by atoms with Gasteiger partial charge in [-0.1, -0.05) is 62.3 Å². The molecule has 7 heteroatoms. The van der Waals surface area contributed by atoms with Crippen LogP contribution in [0.4, 0.5) is 0 Å². The summed E-state index contributed by atoms with van der Waals surface area (Å²) >= 11 is 8.94. The molecule has 1 atom stereocenters. The van der Waals surface area contributed by atoms with Crippen molar-refractivity contribution in [2.24, 2.45) is 11.3 Å².